The van der Waals surface area contributed by atoms with Gasteiger partial charge in [-0.2, -0.15) is 0 Å². The highest BCUT2D eigenvalue weighted by Gasteiger charge is 2.50. The molecule has 0 spiro atoms. The Morgan fingerprint density at radius 3 is 2.80 bits per heavy atom. The van der Waals surface area contributed by atoms with Crippen LogP contribution in [0.2, 0.25) is 0 Å². The Morgan fingerprint density at radius 2 is 2.33 bits per heavy atom. The SMILES string of the molecule is CCCNC(c1cccs1)C1CC1(C)C. The van der Waals surface area contributed by atoms with Crippen LogP contribution in [0.5, 0.6) is 0 Å². The van der Waals surface area contributed by atoms with Crippen molar-refractivity contribution in [3.05, 3.63) is 22.4 Å². The lowest BCUT2D eigenvalue weighted by atomic mass is 10.0. The van der Waals surface area contributed by atoms with Gasteiger partial charge in [-0.1, -0.05) is 26.8 Å². The minimum Gasteiger partial charge on any atom is -0.309 e. The zero-order chi connectivity index (χ0) is 10.9. The average Bonchev–Trinajstić information content (AvgIpc) is 2.68. The molecule has 0 aromatic carbocycles. The van der Waals surface area contributed by atoms with Crippen molar-refractivity contribution in [1.29, 1.82) is 0 Å². The molecular formula is C13H21NS. The third-order valence-corrected chi connectivity index (χ3v) is 4.41. The van der Waals surface area contributed by atoms with Gasteiger partial charge >= 0.3 is 0 Å². The van der Waals surface area contributed by atoms with E-state index in [1.54, 1.807) is 0 Å². The number of hydrogen-bond acceptors (Lipinski definition) is 2. The van der Waals surface area contributed by atoms with Crippen LogP contribution >= 0.6 is 11.3 Å². The molecule has 1 aromatic rings. The lowest BCUT2D eigenvalue weighted by molar-refractivity contribution is 0.421. The first-order valence-electron chi connectivity index (χ1n) is 5.92. The topological polar surface area (TPSA) is 12.0 Å². The molecule has 0 saturated heterocycles. The third kappa shape index (κ3) is 2.43. The highest BCUT2D eigenvalue weighted by atomic mass is 32.1. The van der Waals surface area contributed by atoms with E-state index in [4.69, 9.17) is 0 Å². The van der Waals surface area contributed by atoms with Crippen molar-refractivity contribution in [3.63, 3.8) is 0 Å². The molecule has 1 aliphatic carbocycles. The molecule has 15 heavy (non-hydrogen) atoms. The Hall–Kier alpha value is -0.340. The van der Waals surface area contributed by atoms with Gasteiger partial charge in [-0.3, -0.25) is 0 Å². The molecule has 1 aromatic heterocycles. The standard InChI is InChI=1S/C13H21NS/c1-4-7-14-12(10-9-13(10,2)3)11-6-5-8-15-11/h5-6,8,10,12,14H,4,7,9H2,1-3H3. The minimum absolute atomic E-state index is 0.551. The molecule has 0 amide bonds. The second kappa shape index (κ2) is 4.26. The first-order chi connectivity index (χ1) is 7.15. The van der Waals surface area contributed by atoms with Gasteiger partial charge < -0.3 is 5.32 Å². The van der Waals surface area contributed by atoms with E-state index in [1.807, 2.05) is 11.3 Å². The molecule has 1 aliphatic rings. The van der Waals surface area contributed by atoms with Crippen LogP contribution in [0.1, 0.15) is 44.5 Å². The predicted molar refractivity (Wildman–Crippen MR) is 67.2 cm³/mol. The second-order valence-corrected chi connectivity index (χ2v) is 6.23. The van der Waals surface area contributed by atoms with Gasteiger partial charge in [0.1, 0.15) is 0 Å². The number of thiophene rings is 1. The first kappa shape index (κ1) is 11.2. The van der Waals surface area contributed by atoms with E-state index in [1.165, 1.54) is 17.7 Å². The van der Waals surface area contributed by atoms with Crippen LogP contribution in [0.4, 0.5) is 0 Å². The van der Waals surface area contributed by atoms with E-state index in [2.05, 4.69) is 43.6 Å². The lowest BCUT2D eigenvalue weighted by Gasteiger charge is -2.18. The molecule has 1 heterocycles. The van der Waals surface area contributed by atoms with Gasteiger partial charge in [0, 0.05) is 10.9 Å². The number of nitrogens with one attached hydrogen (secondary N) is 1. The predicted octanol–water partition coefficient (Wildman–Crippen LogP) is 3.83. The highest BCUT2D eigenvalue weighted by molar-refractivity contribution is 7.10. The van der Waals surface area contributed by atoms with Crippen molar-refractivity contribution in [3.8, 4) is 0 Å². The zero-order valence-electron chi connectivity index (χ0n) is 9.92. The van der Waals surface area contributed by atoms with Crippen molar-refractivity contribution in [2.45, 2.75) is 39.7 Å². The van der Waals surface area contributed by atoms with Crippen molar-refractivity contribution in [2.75, 3.05) is 6.54 Å². The van der Waals surface area contributed by atoms with Crippen molar-refractivity contribution < 1.29 is 0 Å². The molecule has 84 valence electrons. The summed E-state index contributed by atoms with van der Waals surface area (Å²) in [5, 5.41) is 5.89. The van der Waals surface area contributed by atoms with Gasteiger partial charge in [0.05, 0.1) is 0 Å². The molecule has 0 bridgehead atoms. The fraction of sp³-hybridized carbons (Fsp3) is 0.692. The summed E-state index contributed by atoms with van der Waals surface area (Å²) in [5.74, 6) is 0.836. The second-order valence-electron chi connectivity index (χ2n) is 5.25. The van der Waals surface area contributed by atoms with Crippen LogP contribution in [-0.4, -0.2) is 6.54 Å². The minimum atomic E-state index is 0.551. The van der Waals surface area contributed by atoms with E-state index < -0.39 is 0 Å². The van der Waals surface area contributed by atoms with Gasteiger partial charge in [0.15, 0.2) is 0 Å². The van der Waals surface area contributed by atoms with E-state index >= 15 is 0 Å². The van der Waals surface area contributed by atoms with E-state index in [9.17, 15) is 0 Å². The summed E-state index contributed by atoms with van der Waals surface area (Å²) in [4.78, 5) is 1.51. The third-order valence-electron chi connectivity index (χ3n) is 3.46. The van der Waals surface area contributed by atoms with Gasteiger partial charge in [0.2, 0.25) is 0 Å². The molecule has 2 rings (SSSR count). The van der Waals surface area contributed by atoms with Crippen LogP contribution in [0.25, 0.3) is 0 Å². The molecule has 0 aliphatic heterocycles. The molecule has 2 unspecified atom stereocenters. The molecular weight excluding hydrogens is 202 g/mol. The van der Waals surface area contributed by atoms with Gasteiger partial charge in [0.25, 0.3) is 0 Å². The smallest absolute Gasteiger partial charge is 0.0448 e. The summed E-state index contributed by atoms with van der Waals surface area (Å²) < 4.78 is 0. The van der Waals surface area contributed by atoms with Gasteiger partial charge in [-0.15, -0.1) is 11.3 Å². The Bertz CT molecular complexity index is 302. The molecule has 2 heteroatoms. The monoisotopic (exact) mass is 223 g/mol. The quantitative estimate of drug-likeness (QED) is 0.800. The fourth-order valence-corrected chi connectivity index (χ4v) is 3.15. The van der Waals surface area contributed by atoms with Crippen LogP contribution < -0.4 is 5.32 Å². The normalized spacial score (nSPS) is 25.1. The Balaban J connectivity index is 2.04. The number of rotatable bonds is 5. The summed E-state index contributed by atoms with van der Waals surface area (Å²) in [5.41, 5.74) is 0.551. The summed E-state index contributed by atoms with van der Waals surface area (Å²) in [6, 6.07) is 5.03. The Kier molecular flexibility index (Phi) is 3.17. The van der Waals surface area contributed by atoms with E-state index in [0.29, 0.717) is 11.5 Å². The maximum Gasteiger partial charge on any atom is 0.0448 e. The maximum absolute atomic E-state index is 3.70. The highest BCUT2D eigenvalue weighted by Crippen LogP contribution is 2.58. The molecule has 2 atom stereocenters. The molecule has 0 radical (unpaired) electrons. The Morgan fingerprint density at radius 1 is 1.60 bits per heavy atom. The molecule has 1 N–H and O–H groups in total. The Labute approximate surface area is 96.9 Å². The van der Waals surface area contributed by atoms with Crippen LogP contribution in [0.3, 0.4) is 0 Å². The molecule has 1 nitrogen and oxygen atoms in total. The summed E-state index contributed by atoms with van der Waals surface area (Å²) in [7, 11) is 0. The first-order valence-corrected chi connectivity index (χ1v) is 6.80. The average molecular weight is 223 g/mol. The zero-order valence-corrected chi connectivity index (χ0v) is 10.7. The summed E-state index contributed by atoms with van der Waals surface area (Å²) in [6.07, 6.45) is 2.58. The lowest BCUT2D eigenvalue weighted by Crippen LogP contribution is -2.24. The van der Waals surface area contributed by atoms with Crippen molar-refractivity contribution >= 4 is 11.3 Å². The fourth-order valence-electron chi connectivity index (χ4n) is 2.29. The van der Waals surface area contributed by atoms with E-state index in [0.717, 1.165) is 12.5 Å². The van der Waals surface area contributed by atoms with Crippen molar-refractivity contribution in [2.24, 2.45) is 11.3 Å². The van der Waals surface area contributed by atoms with E-state index in [-0.39, 0.29) is 0 Å². The summed E-state index contributed by atoms with van der Waals surface area (Å²) >= 11 is 1.89. The largest absolute Gasteiger partial charge is 0.309 e. The van der Waals surface area contributed by atoms with Crippen LogP contribution in [0, 0.1) is 11.3 Å². The molecule has 1 saturated carbocycles. The van der Waals surface area contributed by atoms with Crippen molar-refractivity contribution in [1.82, 2.24) is 5.32 Å². The maximum atomic E-state index is 3.70. The van der Waals surface area contributed by atoms with Crippen LogP contribution in [0.15, 0.2) is 17.5 Å². The number of hydrogen-bond donors (Lipinski definition) is 1. The molecule has 1 fully saturated rings. The van der Waals surface area contributed by atoms with Gasteiger partial charge in [-0.25, -0.2) is 0 Å². The van der Waals surface area contributed by atoms with Gasteiger partial charge in [-0.05, 0) is 42.2 Å². The summed E-state index contributed by atoms with van der Waals surface area (Å²) in [6.45, 7) is 8.13. The van der Waals surface area contributed by atoms with Crippen LogP contribution in [-0.2, 0) is 0 Å².